The van der Waals surface area contributed by atoms with Crippen LogP contribution in [0.4, 0.5) is 5.69 Å². The molecule has 1 aromatic rings. The van der Waals surface area contributed by atoms with E-state index in [1.807, 2.05) is 0 Å². The number of likely N-dealkylation sites (tertiary alicyclic amines) is 1. The van der Waals surface area contributed by atoms with Gasteiger partial charge in [-0.05, 0) is 31.5 Å². The summed E-state index contributed by atoms with van der Waals surface area (Å²) in [7, 11) is 0. The molecule has 3 N–H and O–H groups in total. The zero-order valence-corrected chi connectivity index (χ0v) is 13.9. The molecule has 3 rings (SSSR count). The summed E-state index contributed by atoms with van der Waals surface area (Å²) in [5, 5.41) is 15.9. The van der Waals surface area contributed by atoms with Crippen molar-refractivity contribution in [2.24, 2.45) is 0 Å². The third kappa shape index (κ3) is 2.91. The zero-order chi connectivity index (χ0) is 17.5. The Hall–Kier alpha value is -2.28. The van der Waals surface area contributed by atoms with Crippen LogP contribution >= 0.6 is 11.6 Å². The quantitative estimate of drug-likeness (QED) is 0.753. The molecule has 1 saturated heterocycles. The van der Waals surface area contributed by atoms with Gasteiger partial charge in [0.1, 0.15) is 11.7 Å². The molecular weight excluding hydrogens is 334 g/mol. The summed E-state index contributed by atoms with van der Waals surface area (Å²) in [6, 6.07) is 4.13. The van der Waals surface area contributed by atoms with Gasteiger partial charge < -0.3 is 20.6 Å². The second-order valence-electron chi connectivity index (χ2n) is 6.20. The number of benzene rings is 1. The number of nitrogens with zero attached hydrogens (tertiary/aromatic N) is 1. The Morgan fingerprint density at radius 1 is 1.33 bits per heavy atom. The summed E-state index contributed by atoms with van der Waals surface area (Å²) in [6.45, 7) is 1.74. The molecule has 8 heteroatoms. The van der Waals surface area contributed by atoms with Gasteiger partial charge in [0.2, 0.25) is 5.91 Å². The van der Waals surface area contributed by atoms with Crippen molar-refractivity contribution < 1.29 is 19.5 Å². The summed E-state index contributed by atoms with van der Waals surface area (Å²) in [4.78, 5) is 37.2. The number of hydrogen-bond acceptors (Lipinski definition) is 4. The number of carbonyl (C=O) groups excluding carboxylic acids is 2. The molecular formula is C16H18ClN3O4. The minimum atomic E-state index is -1.04. The highest BCUT2D eigenvalue weighted by molar-refractivity contribution is 6.31. The molecule has 7 nitrogen and oxygen atoms in total. The lowest BCUT2D eigenvalue weighted by Gasteiger charge is -2.40. The summed E-state index contributed by atoms with van der Waals surface area (Å²) >= 11 is 5.93. The van der Waals surface area contributed by atoms with Crippen LogP contribution in [-0.4, -0.2) is 46.0 Å². The molecule has 24 heavy (non-hydrogen) atoms. The number of aliphatic carboxylic acids is 1. The van der Waals surface area contributed by atoms with E-state index in [0.717, 1.165) is 0 Å². The molecule has 2 aliphatic heterocycles. The molecule has 2 unspecified atom stereocenters. The van der Waals surface area contributed by atoms with E-state index >= 15 is 0 Å². The zero-order valence-electron chi connectivity index (χ0n) is 13.1. The van der Waals surface area contributed by atoms with E-state index in [-0.39, 0.29) is 24.8 Å². The van der Waals surface area contributed by atoms with Gasteiger partial charge in [-0.15, -0.1) is 0 Å². The third-order valence-electron chi connectivity index (χ3n) is 4.64. The minimum Gasteiger partial charge on any atom is -0.480 e. The maximum absolute atomic E-state index is 12.4. The van der Waals surface area contributed by atoms with Gasteiger partial charge in [0.05, 0.1) is 5.56 Å². The van der Waals surface area contributed by atoms with Crippen LogP contribution in [0.2, 0.25) is 5.02 Å². The lowest BCUT2D eigenvalue weighted by atomic mass is 9.95. The van der Waals surface area contributed by atoms with Crippen LogP contribution in [0.25, 0.3) is 0 Å². The van der Waals surface area contributed by atoms with Crippen LogP contribution in [0.1, 0.15) is 36.5 Å². The van der Waals surface area contributed by atoms with Gasteiger partial charge in [-0.25, -0.2) is 4.79 Å². The topological polar surface area (TPSA) is 98.7 Å². The van der Waals surface area contributed by atoms with Gasteiger partial charge in [-0.3, -0.25) is 9.59 Å². The number of carboxylic acid groups (broad SMARTS) is 1. The Morgan fingerprint density at radius 2 is 2.08 bits per heavy atom. The fourth-order valence-electron chi connectivity index (χ4n) is 3.20. The first-order valence-electron chi connectivity index (χ1n) is 7.74. The van der Waals surface area contributed by atoms with Crippen LogP contribution in [0.5, 0.6) is 0 Å². The Labute approximate surface area is 144 Å². The van der Waals surface area contributed by atoms with Crippen molar-refractivity contribution in [2.75, 3.05) is 11.9 Å². The molecule has 0 aliphatic carbocycles. The number of nitrogens with one attached hydrogen (secondary N) is 2. The highest BCUT2D eigenvalue weighted by Gasteiger charge is 2.41. The second-order valence-corrected chi connectivity index (χ2v) is 6.64. The van der Waals surface area contributed by atoms with Crippen LogP contribution in [-0.2, 0) is 9.59 Å². The Bertz CT molecular complexity index is 723. The molecule has 128 valence electrons. The first-order chi connectivity index (χ1) is 11.3. The van der Waals surface area contributed by atoms with E-state index in [1.165, 1.54) is 11.8 Å². The van der Waals surface area contributed by atoms with E-state index in [1.54, 1.807) is 18.2 Å². The van der Waals surface area contributed by atoms with Gasteiger partial charge in [0.15, 0.2) is 0 Å². The van der Waals surface area contributed by atoms with Crippen LogP contribution in [0.15, 0.2) is 18.2 Å². The predicted octanol–water partition coefficient (Wildman–Crippen LogP) is 1.68. The minimum absolute atomic E-state index is 0.161. The first-order valence-corrected chi connectivity index (χ1v) is 8.12. The lowest BCUT2D eigenvalue weighted by Crippen LogP contribution is -2.58. The standard InChI is InChI=1S/C16H18ClN3O4/c1-9(15(23)24)20-7-6-16(5-4-13(20)21)18-12-3-2-10(17)8-11(12)14(22)19-16/h2-3,8-9,18H,4-7H2,1H3,(H,19,22)(H,23,24). The van der Waals surface area contributed by atoms with E-state index in [4.69, 9.17) is 16.7 Å². The predicted molar refractivity (Wildman–Crippen MR) is 87.9 cm³/mol. The molecule has 0 aromatic heterocycles. The number of anilines is 1. The van der Waals surface area contributed by atoms with Gasteiger partial charge in [0.25, 0.3) is 5.91 Å². The van der Waals surface area contributed by atoms with E-state index < -0.39 is 17.7 Å². The number of rotatable bonds is 2. The molecule has 2 heterocycles. The van der Waals surface area contributed by atoms with Crippen molar-refractivity contribution in [1.29, 1.82) is 0 Å². The number of carboxylic acids is 1. The van der Waals surface area contributed by atoms with Crippen LogP contribution in [0.3, 0.4) is 0 Å². The van der Waals surface area contributed by atoms with Crippen molar-refractivity contribution in [3.05, 3.63) is 28.8 Å². The highest BCUT2D eigenvalue weighted by Crippen LogP contribution is 2.33. The average molecular weight is 352 g/mol. The van der Waals surface area contributed by atoms with Crippen molar-refractivity contribution in [1.82, 2.24) is 10.2 Å². The smallest absolute Gasteiger partial charge is 0.326 e. The van der Waals surface area contributed by atoms with Gasteiger partial charge in [-0.2, -0.15) is 0 Å². The Balaban J connectivity index is 1.85. The van der Waals surface area contributed by atoms with Gasteiger partial charge in [0, 0.05) is 30.1 Å². The fraction of sp³-hybridized carbons (Fsp3) is 0.438. The van der Waals surface area contributed by atoms with Crippen LogP contribution < -0.4 is 10.6 Å². The van der Waals surface area contributed by atoms with E-state index in [9.17, 15) is 14.4 Å². The number of halogens is 1. The molecule has 0 bridgehead atoms. The van der Waals surface area contributed by atoms with Crippen LogP contribution in [0, 0.1) is 0 Å². The summed E-state index contributed by atoms with van der Waals surface area (Å²) < 4.78 is 0. The number of hydrogen-bond donors (Lipinski definition) is 3. The molecule has 1 fully saturated rings. The summed E-state index contributed by atoms with van der Waals surface area (Å²) in [5.41, 5.74) is 0.357. The van der Waals surface area contributed by atoms with Crippen molar-refractivity contribution in [3.8, 4) is 0 Å². The summed E-state index contributed by atoms with van der Waals surface area (Å²) in [6.07, 6.45) is 0.973. The fourth-order valence-corrected chi connectivity index (χ4v) is 3.38. The largest absolute Gasteiger partial charge is 0.480 e. The third-order valence-corrected chi connectivity index (χ3v) is 4.88. The number of carbonyl (C=O) groups is 3. The first kappa shape index (κ1) is 16.6. The second kappa shape index (κ2) is 5.98. The maximum atomic E-state index is 12.4. The molecule has 0 saturated carbocycles. The van der Waals surface area contributed by atoms with Crippen molar-refractivity contribution >= 4 is 35.1 Å². The SMILES string of the molecule is CC(C(=O)O)N1CCC2(CCC1=O)NC(=O)c1cc(Cl)ccc1N2. The summed E-state index contributed by atoms with van der Waals surface area (Å²) in [5.74, 6) is -1.52. The maximum Gasteiger partial charge on any atom is 0.326 e. The number of fused-ring (bicyclic) bond motifs is 1. The normalized spacial score (nSPS) is 24.7. The van der Waals surface area contributed by atoms with E-state index in [0.29, 0.717) is 29.1 Å². The molecule has 1 aromatic carbocycles. The molecule has 1 spiro atoms. The molecule has 0 radical (unpaired) electrons. The number of amides is 2. The lowest BCUT2D eigenvalue weighted by molar-refractivity contribution is -0.149. The van der Waals surface area contributed by atoms with Crippen molar-refractivity contribution in [2.45, 2.75) is 37.9 Å². The monoisotopic (exact) mass is 351 g/mol. The Kier molecular flexibility index (Phi) is 4.13. The van der Waals surface area contributed by atoms with Gasteiger partial charge >= 0.3 is 5.97 Å². The highest BCUT2D eigenvalue weighted by atomic mass is 35.5. The molecule has 2 aliphatic rings. The molecule has 2 atom stereocenters. The Morgan fingerprint density at radius 3 is 2.79 bits per heavy atom. The van der Waals surface area contributed by atoms with E-state index in [2.05, 4.69) is 10.6 Å². The van der Waals surface area contributed by atoms with Gasteiger partial charge in [-0.1, -0.05) is 11.6 Å². The van der Waals surface area contributed by atoms with Crippen molar-refractivity contribution in [3.63, 3.8) is 0 Å². The average Bonchev–Trinajstić information content (AvgIpc) is 2.68. The molecule has 2 amide bonds.